The number of para-hydroxylation sites is 1. The molecule has 2 fully saturated rings. The van der Waals surface area contributed by atoms with Crippen molar-refractivity contribution in [3.05, 3.63) is 110 Å². The molecule has 0 amide bonds. The minimum absolute atomic E-state index is 0. The molecular formula is C19H14FeO2+2. The molecular weight excluding hydrogens is 316 g/mol. The van der Waals surface area contributed by atoms with Crippen LogP contribution in [-0.2, 0) is 17.1 Å². The Bertz CT molecular complexity index is 630. The van der Waals surface area contributed by atoms with Gasteiger partial charge in [-0.15, -0.1) is 0 Å². The quantitative estimate of drug-likeness (QED) is 0.749. The molecule has 2 saturated carbocycles. The fourth-order valence-electron chi connectivity index (χ4n) is 2.11. The van der Waals surface area contributed by atoms with E-state index in [1.807, 2.05) is 76.0 Å². The molecule has 4 rings (SSSR count). The summed E-state index contributed by atoms with van der Waals surface area (Å²) in [5.74, 6) is 1.55. The number of rotatable bonds is 1. The van der Waals surface area contributed by atoms with Gasteiger partial charge in [-0.2, -0.15) is 0 Å². The van der Waals surface area contributed by atoms with Crippen molar-refractivity contribution in [1.29, 1.82) is 0 Å². The number of hydrogen-bond donors (Lipinski definition) is 0. The second kappa shape index (κ2) is 8.55. The molecule has 1 heterocycles. The molecule has 0 saturated heterocycles. The topological polar surface area (TPSA) is 30.2 Å². The van der Waals surface area contributed by atoms with Gasteiger partial charge in [0, 0.05) is 12.0 Å². The fraction of sp³-hybridized carbons (Fsp3) is 0. The van der Waals surface area contributed by atoms with Crippen LogP contribution in [0.4, 0.5) is 0 Å². The van der Waals surface area contributed by atoms with Gasteiger partial charge in [0.1, 0.15) is 11.3 Å². The van der Waals surface area contributed by atoms with Gasteiger partial charge in [0.25, 0.3) is 0 Å². The normalized spacial score (nSPS) is 17.8. The first kappa shape index (κ1) is 17.3. The zero-order valence-electron chi connectivity index (χ0n) is 11.8. The summed E-state index contributed by atoms with van der Waals surface area (Å²) in [5, 5.41) is 0.623. The molecule has 2 aromatic rings. The van der Waals surface area contributed by atoms with Crippen molar-refractivity contribution < 1.29 is 21.5 Å². The molecule has 10 radical (unpaired) electrons. The number of benzene rings is 1. The summed E-state index contributed by atoms with van der Waals surface area (Å²) in [4.78, 5) is 11.8. The minimum atomic E-state index is -0.00181. The molecule has 1 aromatic carbocycles. The van der Waals surface area contributed by atoms with E-state index in [9.17, 15) is 4.79 Å². The van der Waals surface area contributed by atoms with Crippen LogP contribution in [0.5, 0.6) is 0 Å². The van der Waals surface area contributed by atoms with Crippen molar-refractivity contribution in [3.63, 3.8) is 0 Å². The molecule has 1 aromatic heterocycles. The molecule has 0 bridgehead atoms. The molecule has 3 heteroatoms. The molecule has 2 aliphatic carbocycles. The van der Waals surface area contributed by atoms with Crippen molar-refractivity contribution in [3.8, 4) is 0 Å². The van der Waals surface area contributed by atoms with Crippen LogP contribution < -0.4 is 5.43 Å². The molecule has 0 aliphatic heterocycles. The van der Waals surface area contributed by atoms with E-state index < -0.39 is 0 Å². The van der Waals surface area contributed by atoms with Crippen molar-refractivity contribution >= 4 is 11.0 Å². The molecule has 22 heavy (non-hydrogen) atoms. The standard InChI is InChI=1S/C14H9O2.C5H5.Fe/c15-12-9-14(10-5-1-2-6-10)16-13-8-4-3-7-11(12)13;1-2-4-5-3-1;/h1-9H;1-5H;/q;;+2. The second-order valence-corrected chi connectivity index (χ2v) is 4.61. The average Bonchev–Trinajstić information content (AvgIpc) is 3.23. The van der Waals surface area contributed by atoms with E-state index in [4.69, 9.17) is 4.42 Å². The first-order valence-corrected chi connectivity index (χ1v) is 6.76. The van der Waals surface area contributed by atoms with E-state index >= 15 is 0 Å². The summed E-state index contributed by atoms with van der Waals surface area (Å²) in [7, 11) is 0. The van der Waals surface area contributed by atoms with Crippen molar-refractivity contribution in [1.82, 2.24) is 0 Å². The monoisotopic (exact) mass is 330 g/mol. The van der Waals surface area contributed by atoms with E-state index in [0.717, 1.165) is 5.92 Å². The Morgan fingerprint density at radius 1 is 0.773 bits per heavy atom. The molecule has 2 nitrogen and oxygen atoms in total. The number of fused-ring (bicyclic) bond motifs is 1. The Hall–Kier alpha value is -1.05. The van der Waals surface area contributed by atoms with Gasteiger partial charge in [-0.25, -0.2) is 0 Å². The third-order valence-corrected chi connectivity index (χ3v) is 3.14. The van der Waals surface area contributed by atoms with Gasteiger partial charge in [0.15, 0.2) is 5.43 Å². The van der Waals surface area contributed by atoms with Crippen LogP contribution in [0.1, 0.15) is 5.76 Å². The SMILES string of the molecule is O=c1cc([C]2[CH][CH][CH][CH]2)oc2ccccc12.[CH]1[CH][CH][CH][CH]1.[Fe+2]. The van der Waals surface area contributed by atoms with E-state index in [-0.39, 0.29) is 22.5 Å². The van der Waals surface area contributed by atoms with Crippen molar-refractivity contribution in [2.24, 2.45) is 0 Å². The largest absolute Gasteiger partial charge is 2.00 e. The maximum Gasteiger partial charge on any atom is 2.00 e. The zero-order chi connectivity index (χ0) is 14.5. The first-order chi connectivity index (χ1) is 10.3. The predicted molar refractivity (Wildman–Crippen MR) is 83.5 cm³/mol. The predicted octanol–water partition coefficient (Wildman–Crippen LogP) is 3.57. The maximum absolute atomic E-state index is 11.8. The molecule has 108 valence electrons. The molecule has 0 N–H and O–H groups in total. The first-order valence-electron chi connectivity index (χ1n) is 6.76. The summed E-state index contributed by atoms with van der Waals surface area (Å²) >= 11 is 0. The van der Waals surface area contributed by atoms with Gasteiger partial charge in [0.2, 0.25) is 0 Å². The van der Waals surface area contributed by atoms with Crippen LogP contribution in [0.15, 0.2) is 39.5 Å². The Morgan fingerprint density at radius 2 is 1.36 bits per heavy atom. The van der Waals surface area contributed by atoms with E-state index in [1.165, 1.54) is 6.07 Å². The smallest absolute Gasteiger partial charge is 0.460 e. The Balaban J connectivity index is 0.000000253. The van der Waals surface area contributed by atoms with Gasteiger partial charge in [-0.05, 0) is 69.9 Å². The van der Waals surface area contributed by atoms with Crippen molar-refractivity contribution in [2.45, 2.75) is 0 Å². The van der Waals surface area contributed by atoms with Gasteiger partial charge in [-0.1, -0.05) is 12.1 Å². The third kappa shape index (κ3) is 4.24. The zero-order valence-corrected chi connectivity index (χ0v) is 12.9. The van der Waals surface area contributed by atoms with Gasteiger partial charge >= 0.3 is 17.1 Å². The maximum atomic E-state index is 11.8. The van der Waals surface area contributed by atoms with Crippen LogP contribution >= 0.6 is 0 Å². The van der Waals surface area contributed by atoms with Crippen LogP contribution in [0.2, 0.25) is 0 Å². The van der Waals surface area contributed by atoms with E-state index in [1.54, 1.807) is 6.07 Å². The van der Waals surface area contributed by atoms with Gasteiger partial charge in [0.05, 0.1) is 5.39 Å². The van der Waals surface area contributed by atoms with Gasteiger partial charge < -0.3 is 4.42 Å². The minimum Gasteiger partial charge on any atom is -0.460 e. The third-order valence-electron chi connectivity index (χ3n) is 3.14. The molecule has 2 aliphatic rings. The van der Waals surface area contributed by atoms with Crippen LogP contribution in [0, 0.1) is 63.7 Å². The molecule has 0 spiro atoms. The number of hydrogen-bond acceptors (Lipinski definition) is 2. The molecule has 0 unspecified atom stereocenters. The summed E-state index contributed by atoms with van der Waals surface area (Å²) in [6, 6.07) is 8.82. The van der Waals surface area contributed by atoms with Crippen LogP contribution in [-0.4, -0.2) is 0 Å². The summed E-state index contributed by atoms with van der Waals surface area (Å²) in [6.45, 7) is 0. The van der Waals surface area contributed by atoms with Crippen LogP contribution in [0.25, 0.3) is 11.0 Å². The second-order valence-electron chi connectivity index (χ2n) is 4.61. The summed E-state index contributed by atoms with van der Waals surface area (Å²) < 4.78 is 5.69. The summed E-state index contributed by atoms with van der Waals surface area (Å²) in [6.07, 6.45) is 17.7. The van der Waals surface area contributed by atoms with Crippen molar-refractivity contribution in [2.75, 3.05) is 0 Å². The van der Waals surface area contributed by atoms with E-state index in [2.05, 4.69) is 0 Å². The summed E-state index contributed by atoms with van der Waals surface area (Å²) in [5.41, 5.74) is 0.629. The van der Waals surface area contributed by atoms with E-state index in [0.29, 0.717) is 16.7 Å². The molecule has 0 atom stereocenters. The average molecular weight is 330 g/mol. The Kier molecular flexibility index (Phi) is 6.72. The fourth-order valence-corrected chi connectivity index (χ4v) is 2.11. The van der Waals surface area contributed by atoms with Crippen LogP contribution in [0.3, 0.4) is 0 Å². The van der Waals surface area contributed by atoms with Gasteiger partial charge in [-0.3, -0.25) is 4.79 Å². The Morgan fingerprint density at radius 3 is 2.00 bits per heavy atom. The Labute approximate surface area is 142 Å².